The molecule has 0 aromatic heterocycles. The summed E-state index contributed by atoms with van der Waals surface area (Å²) in [6.45, 7) is 0. The van der Waals surface area contributed by atoms with E-state index >= 15 is 0 Å². The van der Waals surface area contributed by atoms with Crippen molar-refractivity contribution in [3.8, 4) is 0 Å². The van der Waals surface area contributed by atoms with Gasteiger partial charge in [0.2, 0.25) is 0 Å². The van der Waals surface area contributed by atoms with Crippen LogP contribution in [-0.2, 0) is 10.1 Å². The summed E-state index contributed by atoms with van der Waals surface area (Å²) in [7, 11) is -4.65. The van der Waals surface area contributed by atoms with Gasteiger partial charge in [-0.25, -0.2) is 0 Å². The van der Waals surface area contributed by atoms with Gasteiger partial charge < -0.3 is 0 Å². The molecule has 20 heteroatoms. The normalized spacial score (nSPS) is 60.4. The van der Waals surface area contributed by atoms with E-state index in [0.29, 0.717) is 17.8 Å². The Morgan fingerprint density at radius 1 is 0.385 bits per heavy atom. The molecule has 8 bridgehead atoms. The third-order valence-electron chi connectivity index (χ3n) is 14.4. The second-order valence-electron chi connectivity index (χ2n) is 16.9. The molecule has 5 aliphatic heterocycles. The van der Waals surface area contributed by atoms with Crippen LogP contribution in [0.3, 0.4) is 0 Å². The van der Waals surface area contributed by atoms with Crippen molar-refractivity contribution in [3.05, 3.63) is 0 Å². The van der Waals surface area contributed by atoms with Crippen molar-refractivity contribution in [2.75, 3.05) is 0 Å². The largest absolute Gasteiger partial charge is 0.286 e. The number of hydrogen-bond acceptors (Lipinski definition) is 10. The van der Waals surface area contributed by atoms with E-state index in [1.54, 1.807) is 0 Å². The van der Waals surface area contributed by atoms with Crippen LogP contribution in [0.5, 0.6) is 0 Å². The summed E-state index contributed by atoms with van der Waals surface area (Å²) in [5.74, 6) is -0.671. The van der Waals surface area contributed by atoms with Crippen molar-refractivity contribution in [2.24, 2.45) is 47.3 Å². The summed E-state index contributed by atoms with van der Waals surface area (Å²) < 4.78 is 37.1. The number of alkyl halides is 8. The Balaban J connectivity index is 1.14. The third kappa shape index (κ3) is 6.41. The molecule has 0 radical (unpaired) electrons. The van der Waals surface area contributed by atoms with E-state index in [1.165, 1.54) is 0 Å². The highest BCUT2D eigenvalue weighted by atomic mass is 35.5. The van der Waals surface area contributed by atoms with Crippen LogP contribution in [0.4, 0.5) is 0 Å². The maximum absolute atomic E-state index is 13.2. The number of hydrogen-bond donors (Lipinski definition) is 9. The van der Waals surface area contributed by atoms with Crippen LogP contribution in [0.1, 0.15) is 44.9 Å². The first-order valence-electron chi connectivity index (χ1n) is 18.9. The van der Waals surface area contributed by atoms with Crippen molar-refractivity contribution in [2.45, 2.75) is 143 Å². The van der Waals surface area contributed by atoms with Gasteiger partial charge in [0.25, 0.3) is 10.1 Å². The molecule has 5 saturated heterocycles. The lowest BCUT2D eigenvalue weighted by Crippen LogP contribution is -2.62. The molecule has 296 valence electrons. The lowest BCUT2D eigenvalue weighted by atomic mass is 9.75. The molecule has 0 spiro atoms. The Kier molecular flexibility index (Phi) is 11.3. The van der Waals surface area contributed by atoms with E-state index in [0.717, 1.165) is 44.9 Å². The Morgan fingerprint density at radius 2 is 0.731 bits per heavy atom. The van der Waals surface area contributed by atoms with Crippen molar-refractivity contribution in [1.29, 1.82) is 0 Å². The fourth-order valence-electron chi connectivity index (χ4n) is 12.3. The zero-order valence-corrected chi connectivity index (χ0v) is 34.9. The van der Waals surface area contributed by atoms with Gasteiger partial charge in [-0.05, 0) is 43.4 Å². The van der Waals surface area contributed by atoms with E-state index in [2.05, 4.69) is 42.5 Å². The Bertz CT molecular complexity index is 1470. The predicted molar refractivity (Wildman–Crippen MR) is 208 cm³/mol. The van der Waals surface area contributed by atoms with Crippen LogP contribution in [0.15, 0.2) is 0 Å². The molecule has 52 heavy (non-hydrogen) atoms. The first kappa shape index (κ1) is 39.4. The van der Waals surface area contributed by atoms with Gasteiger partial charge in [0, 0.05) is 35.0 Å². The number of fused-ring (bicyclic) bond motifs is 20. The van der Waals surface area contributed by atoms with E-state index in [-0.39, 0.29) is 54.0 Å². The Labute approximate surface area is 345 Å². The van der Waals surface area contributed by atoms with E-state index in [4.69, 9.17) is 92.8 Å². The highest BCUT2D eigenvalue weighted by Gasteiger charge is 2.65. The molecule has 11 nitrogen and oxygen atoms in total. The van der Waals surface area contributed by atoms with E-state index in [9.17, 15) is 13.0 Å². The minimum Gasteiger partial charge on any atom is -0.286 e. The molecular weight excluding hydrogens is 860 g/mol. The fourth-order valence-corrected chi connectivity index (χ4v) is 17.4. The molecule has 4 saturated carbocycles. The molecule has 9 fully saturated rings. The zero-order chi connectivity index (χ0) is 36.5. The summed E-state index contributed by atoms with van der Waals surface area (Å²) in [5.41, 5.74) is 0. The van der Waals surface area contributed by atoms with Crippen molar-refractivity contribution >= 4 is 103 Å². The molecule has 9 rings (SSSR count). The van der Waals surface area contributed by atoms with Gasteiger partial charge in [0.15, 0.2) is 0 Å². The molecule has 5 heterocycles. The Morgan fingerprint density at radius 3 is 1.21 bits per heavy atom. The zero-order valence-electron chi connectivity index (χ0n) is 28.1. The van der Waals surface area contributed by atoms with Crippen LogP contribution >= 0.6 is 92.8 Å². The topological polar surface area (TPSA) is 151 Å². The molecule has 9 N–H and O–H groups in total. The van der Waals surface area contributed by atoms with Crippen LogP contribution in [0, 0.1) is 47.3 Å². The highest BCUT2D eigenvalue weighted by Crippen LogP contribution is 2.51. The van der Waals surface area contributed by atoms with E-state index < -0.39 is 83.3 Å². The van der Waals surface area contributed by atoms with Crippen LogP contribution in [-0.4, -0.2) is 111 Å². The lowest BCUT2D eigenvalue weighted by Gasteiger charge is -2.45. The second kappa shape index (κ2) is 14.9. The minimum atomic E-state index is -4.65. The molecule has 25 unspecified atom stereocenters. The predicted octanol–water partition coefficient (Wildman–Crippen LogP) is 3.21. The van der Waals surface area contributed by atoms with Gasteiger partial charge in [-0.15, -0.1) is 92.8 Å². The van der Waals surface area contributed by atoms with Crippen LogP contribution in [0.2, 0.25) is 0 Å². The van der Waals surface area contributed by atoms with Crippen molar-refractivity contribution < 1.29 is 13.0 Å². The maximum atomic E-state index is 13.2. The van der Waals surface area contributed by atoms with Crippen molar-refractivity contribution in [1.82, 2.24) is 42.5 Å². The first-order chi connectivity index (χ1) is 24.7. The third-order valence-corrected chi connectivity index (χ3v) is 20.9. The molecule has 0 aromatic rings. The number of rotatable bonds is 1. The molecule has 0 aromatic carbocycles. The standard InChI is InChI=1S/C32H48Cl8N8O3S/c33-11-7-3-6-10-12(11)28-44-27(10)42-25-8-4-1-2-5-9(8)26(41-25)43-32-16-15(19(36)22(39)23(40)24(16)52(49,50)51)31(48-32)47-30-14-13(29(45-28)46-30)17(34)20(37)21(38)18(14)35/h8-32,41-48H,1-7H2,(H,49,50,51). The van der Waals surface area contributed by atoms with Crippen LogP contribution in [0.25, 0.3) is 0 Å². The Hall–Kier alpha value is 1.91. The fraction of sp³-hybridized carbons (Fsp3) is 1.00. The summed E-state index contributed by atoms with van der Waals surface area (Å²) >= 11 is 56.2. The van der Waals surface area contributed by atoms with Crippen molar-refractivity contribution in [3.63, 3.8) is 0 Å². The quantitative estimate of drug-likeness (QED) is 0.141. The van der Waals surface area contributed by atoms with Gasteiger partial charge >= 0.3 is 0 Å². The molecule has 9 aliphatic rings. The summed E-state index contributed by atoms with van der Waals surface area (Å²) in [6, 6.07) is 0. The van der Waals surface area contributed by atoms with E-state index in [1.807, 2.05) is 0 Å². The number of nitrogens with one attached hydrogen (secondary N) is 8. The first-order valence-corrected chi connectivity index (χ1v) is 23.9. The summed E-state index contributed by atoms with van der Waals surface area (Å²) in [6.07, 6.45) is 5.25. The SMILES string of the molecule is O=S(=O)(O)C1C(Cl)C(Cl)C(Cl)C2C3NC4NC(NC5NC(NC6NC(NC(N3)C21)C1CCCCC61)C1CCCC(Cl)C51)C1C(Cl)C(Cl)C(Cl)C(Cl)C41. The molecule has 25 atom stereocenters. The second-order valence-corrected chi connectivity index (χ2v) is 22.5. The summed E-state index contributed by atoms with van der Waals surface area (Å²) in [5, 5.41) is 24.4. The molecule has 4 aliphatic carbocycles. The lowest BCUT2D eigenvalue weighted by molar-refractivity contribution is 0.173. The smallest absolute Gasteiger partial charge is 0.269 e. The maximum Gasteiger partial charge on any atom is 0.269 e. The average Bonchev–Trinajstić information content (AvgIpc) is 3.84. The van der Waals surface area contributed by atoms with Crippen LogP contribution < -0.4 is 42.5 Å². The van der Waals surface area contributed by atoms with Gasteiger partial charge in [0.1, 0.15) is 5.25 Å². The highest BCUT2D eigenvalue weighted by molar-refractivity contribution is 7.86. The van der Waals surface area contributed by atoms with Gasteiger partial charge in [-0.2, -0.15) is 8.42 Å². The monoisotopic (exact) mass is 904 g/mol. The van der Waals surface area contributed by atoms with Gasteiger partial charge in [-0.3, -0.25) is 47.1 Å². The molecular formula is C32H48Cl8N8O3S. The van der Waals surface area contributed by atoms with Gasteiger partial charge in [-0.1, -0.05) is 19.3 Å². The number of halogens is 8. The minimum absolute atomic E-state index is 0.00195. The molecule has 0 amide bonds. The average molecular weight is 908 g/mol. The summed E-state index contributed by atoms with van der Waals surface area (Å²) in [4.78, 5) is 0. The van der Waals surface area contributed by atoms with Gasteiger partial charge in [0.05, 0.1) is 87.0 Å².